The Morgan fingerprint density at radius 2 is 2.04 bits per heavy atom. The summed E-state index contributed by atoms with van der Waals surface area (Å²) in [5.41, 5.74) is 2.67. The third-order valence-corrected chi connectivity index (χ3v) is 5.83. The summed E-state index contributed by atoms with van der Waals surface area (Å²) in [4.78, 5) is 21.4. The highest BCUT2D eigenvalue weighted by atomic mass is 79.9. The van der Waals surface area contributed by atoms with E-state index in [1.165, 1.54) is 0 Å². The molecule has 0 bridgehead atoms. The minimum absolute atomic E-state index is 0.0891. The number of nitrogens with one attached hydrogen (secondary N) is 1. The number of rotatable bonds is 5. The van der Waals surface area contributed by atoms with Gasteiger partial charge in [-0.15, -0.1) is 11.3 Å². The Morgan fingerprint density at radius 1 is 1.24 bits per heavy atom. The largest absolute Gasteiger partial charge is 0.349 e. The molecule has 25 heavy (non-hydrogen) atoms. The van der Waals surface area contributed by atoms with Crippen molar-refractivity contribution in [1.82, 2.24) is 15.3 Å². The maximum atomic E-state index is 12.7. The average molecular weight is 414 g/mol. The first-order valence-corrected chi connectivity index (χ1v) is 9.74. The van der Waals surface area contributed by atoms with Crippen LogP contribution in [-0.4, -0.2) is 15.9 Å². The van der Waals surface area contributed by atoms with E-state index in [2.05, 4.69) is 31.2 Å². The van der Waals surface area contributed by atoms with E-state index in [-0.39, 0.29) is 11.3 Å². The molecule has 0 radical (unpaired) electrons. The highest BCUT2D eigenvalue weighted by molar-refractivity contribution is 9.10. The monoisotopic (exact) mass is 413 g/mol. The van der Waals surface area contributed by atoms with E-state index in [4.69, 9.17) is 0 Å². The molecule has 4 rings (SSSR count). The van der Waals surface area contributed by atoms with Gasteiger partial charge in [0.2, 0.25) is 5.91 Å². The average Bonchev–Trinajstić information content (AvgIpc) is 3.32. The molecule has 1 saturated carbocycles. The smallest absolute Gasteiger partial charge is 0.231 e. The lowest BCUT2D eigenvalue weighted by molar-refractivity contribution is -0.123. The van der Waals surface area contributed by atoms with Crippen LogP contribution in [0.25, 0.3) is 11.3 Å². The minimum atomic E-state index is -0.366. The molecule has 3 aromatic rings. The van der Waals surface area contributed by atoms with E-state index in [1.54, 1.807) is 23.7 Å². The predicted octanol–water partition coefficient (Wildman–Crippen LogP) is 4.32. The molecule has 1 N–H and O–H groups in total. The minimum Gasteiger partial charge on any atom is -0.349 e. The second-order valence-electron chi connectivity index (χ2n) is 6.14. The van der Waals surface area contributed by atoms with Crippen molar-refractivity contribution < 1.29 is 4.79 Å². The Morgan fingerprint density at radius 3 is 2.76 bits per heavy atom. The summed E-state index contributed by atoms with van der Waals surface area (Å²) in [6.07, 6.45) is 5.31. The van der Waals surface area contributed by atoms with E-state index in [0.717, 1.165) is 39.1 Å². The van der Waals surface area contributed by atoms with Gasteiger partial charge in [-0.1, -0.05) is 28.1 Å². The molecule has 1 amide bonds. The summed E-state index contributed by atoms with van der Waals surface area (Å²) < 4.78 is 1.01. The van der Waals surface area contributed by atoms with Gasteiger partial charge >= 0.3 is 0 Å². The molecule has 1 fully saturated rings. The summed E-state index contributed by atoms with van der Waals surface area (Å²) >= 11 is 5.05. The molecule has 1 aliphatic rings. The van der Waals surface area contributed by atoms with E-state index in [1.807, 2.05) is 41.8 Å². The number of pyridine rings is 1. The summed E-state index contributed by atoms with van der Waals surface area (Å²) in [5, 5.41) is 5.99. The second kappa shape index (κ2) is 6.69. The summed E-state index contributed by atoms with van der Waals surface area (Å²) in [5.74, 6) is 0.0891. The van der Waals surface area contributed by atoms with Gasteiger partial charge in [-0.05, 0) is 42.7 Å². The maximum absolute atomic E-state index is 12.7. The van der Waals surface area contributed by atoms with Crippen molar-refractivity contribution in [2.24, 2.45) is 0 Å². The number of aromatic nitrogens is 2. The molecule has 0 unspecified atom stereocenters. The van der Waals surface area contributed by atoms with E-state index >= 15 is 0 Å². The van der Waals surface area contributed by atoms with Gasteiger partial charge in [0.1, 0.15) is 5.01 Å². The molecule has 126 valence electrons. The van der Waals surface area contributed by atoms with Gasteiger partial charge in [-0.25, -0.2) is 4.98 Å². The Labute approximate surface area is 158 Å². The molecule has 0 aliphatic heterocycles. The molecule has 0 spiro atoms. The SMILES string of the molecule is O=C(NCc1nc(-c2ccncc2)cs1)C1(c2cccc(Br)c2)CC1. The zero-order valence-corrected chi connectivity index (χ0v) is 15.8. The van der Waals surface area contributed by atoms with Crippen LogP contribution in [0.2, 0.25) is 0 Å². The van der Waals surface area contributed by atoms with E-state index in [9.17, 15) is 4.79 Å². The zero-order valence-electron chi connectivity index (χ0n) is 13.4. The zero-order chi connectivity index (χ0) is 17.3. The molecule has 0 atom stereocenters. The highest BCUT2D eigenvalue weighted by Gasteiger charge is 2.51. The number of benzene rings is 1. The number of halogens is 1. The van der Waals surface area contributed by atoms with Crippen LogP contribution in [0.15, 0.2) is 58.6 Å². The molecule has 2 heterocycles. The molecule has 1 aliphatic carbocycles. The Hall–Kier alpha value is -2.05. The lowest BCUT2D eigenvalue weighted by atomic mass is 9.95. The molecule has 6 heteroatoms. The summed E-state index contributed by atoms with van der Waals surface area (Å²) in [6.45, 7) is 0.463. The number of nitrogens with zero attached hydrogens (tertiary/aromatic N) is 2. The summed E-state index contributed by atoms with van der Waals surface area (Å²) in [7, 11) is 0. The Balaban J connectivity index is 1.44. The normalized spacial score (nSPS) is 14.9. The number of hydrogen-bond donors (Lipinski definition) is 1. The van der Waals surface area contributed by atoms with Crippen LogP contribution in [0.4, 0.5) is 0 Å². The van der Waals surface area contributed by atoms with Crippen molar-refractivity contribution in [3.05, 3.63) is 69.2 Å². The van der Waals surface area contributed by atoms with Crippen molar-refractivity contribution >= 4 is 33.2 Å². The maximum Gasteiger partial charge on any atom is 0.231 e. The topological polar surface area (TPSA) is 54.9 Å². The highest BCUT2D eigenvalue weighted by Crippen LogP contribution is 2.48. The molecular formula is C19H16BrN3OS. The molecule has 0 saturated heterocycles. The standard InChI is InChI=1S/C19H16BrN3OS/c20-15-3-1-2-14(10-15)19(6-7-19)18(24)22-11-17-23-16(12-25-17)13-4-8-21-9-5-13/h1-5,8-10,12H,6-7,11H2,(H,22,24). The van der Waals surface area contributed by atoms with E-state index in [0.29, 0.717) is 6.54 Å². The van der Waals surface area contributed by atoms with Crippen LogP contribution in [0.3, 0.4) is 0 Å². The van der Waals surface area contributed by atoms with Gasteiger partial charge < -0.3 is 5.32 Å². The van der Waals surface area contributed by atoms with Crippen LogP contribution in [0.1, 0.15) is 23.4 Å². The lowest BCUT2D eigenvalue weighted by Gasteiger charge is -2.15. The van der Waals surface area contributed by atoms with Crippen molar-refractivity contribution in [3.63, 3.8) is 0 Å². The van der Waals surface area contributed by atoms with Crippen molar-refractivity contribution in [1.29, 1.82) is 0 Å². The first-order valence-electron chi connectivity index (χ1n) is 8.06. The number of amides is 1. The van der Waals surface area contributed by atoms with Gasteiger partial charge in [-0.3, -0.25) is 9.78 Å². The molecule has 2 aromatic heterocycles. The Bertz CT molecular complexity index is 906. The van der Waals surface area contributed by atoms with Gasteiger partial charge in [-0.2, -0.15) is 0 Å². The van der Waals surface area contributed by atoms with Crippen LogP contribution >= 0.6 is 27.3 Å². The van der Waals surface area contributed by atoms with Gasteiger partial charge in [0.15, 0.2) is 0 Å². The first-order chi connectivity index (χ1) is 12.2. The Kier molecular flexibility index (Phi) is 4.39. The van der Waals surface area contributed by atoms with Crippen LogP contribution in [-0.2, 0) is 16.8 Å². The van der Waals surface area contributed by atoms with E-state index < -0.39 is 0 Å². The number of carbonyl (C=O) groups excluding carboxylic acids is 1. The molecular weight excluding hydrogens is 398 g/mol. The number of carbonyl (C=O) groups is 1. The van der Waals surface area contributed by atoms with Gasteiger partial charge in [0.25, 0.3) is 0 Å². The van der Waals surface area contributed by atoms with Crippen molar-refractivity contribution in [3.8, 4) is 11.3 Å². The third-order valence-electron chi connectivity index (χ3n) is 4.49. The first kappa shape index (κ1) is 16.4. The van der Waals surface area contributed by atoms with Crippen molar-refractivity contribution in [2.75, 3.05) is 0 Å². The van der Waals surface area contributed by atoms with Gasteiger partial charge in [0, 0.05) is 27.8 Å². The number of hydrogen-bond acceptors (Lipinski definition) is 4. The van der Waals surface area contributed by atoms with Gasteiger partial charge in [0.05, 0.1) is 17.7 Å². The number of thiazole rings is 1. The fraction of sp³-hybridized carbons (Fsp3) is 0.211. The van der Waals surface area contributed by atoms with Crippen LogP contribution in [0, 0.1) is 0 Å². The van der Waals surface area contributed by atoms with Crippen LogP contribution < -0.4 is 5.32 Å². The third kappa shape index (κ3) is 3.37. The fourth-order valence-corrected chi connectivity index (χ4v) is 4.07. The quantitative estimate of drug-likeness (QED) is 0.677. The van der Waals surface area contributed by atoms with Crippen LogP contribution in [0.5, 0.6) is 0 Å². The predicted molar refractivity (Wildman–Crippen MR) is 102 cm³/mol. The molecule has 1 aromatic carbocycles. The lowest BCUT2D eigenvalue weighted by Crippen LogP contribution is -2.34. The summed E-state index contributed by atoms with van der Waals surface area (Å²) in [6, 6.07) is 11.9. The second-order valence-corrected chi connectivity index (χ2v) is 8.00. The fourth-order valence-electron chi connectivity index (χ4n) is 2.93. The van der Waals surface area contributed by atoms with Crippen molar-refractivity contribution in [2.45, 2.75) is 24.8 Å². The molecule has 4 nitrogen and oxygen atoms in total.